The van der Waals surface area contributed by atoms with E-state index in [-0.39, 0.29) is 22.6 Å². The lowest BCUT2D eigenvalue weighted by molar-refractivity contribution is -0.384. The van der Waals surface area contributed by atoms with Gasteiger partial charge in [-0.05, 0) is 11.5 Å². The molecule has 0 atom stereocenters. The second-order valence-electron chi connectivity index (χ2n) is 4.43. The van der Waals surface area contributed by atoms with Crippen LogP contribution in [0.25, 0.3) is 11.0 Å². The minimum absolute atomic E-state index is 0.0187. The molecule has 1 aromatic carbocycles. The number of rotatable bonds is 2. The minimum Gasteiger partial charge on any atom is -0.334 e. The van der Waals surface area contributed by atoms with Crippen molar-refractivity contribution in [1.82, 2.24) is 9.97 Å². The van der Waals surface area contributed by atoms with Gasteiger partial charge < -0.3 is 4.98 Å². The Morgan fingerprint density at radius 3 is 2.47 bits per heavy atom. The molecule has 0 radical (unpaired) electrons. The van der Waals surface area contributed by atoms with Gasteiger partial charge in [-0.3, -0.25) is 10.1 Å². The van der Waals surface area contributed by atoms with Gasteiger partial charge in [0.2, 0.25) is 5.82 Å². The van der Waals surface area contributed by atoms with E-state index in [1.807, 2.05) is 0 Å². The fourth-order valence-electron chi connectivity index (χ4n) is 1.81. The van der Waals surface area contributed by atoms with Crippen molar-refractivity contribution < 1.29 is 18.1 Å². The summed E-state index contributed by atoms with van der Waals surface area (Å²) in [4.78, 5) is 15.7. The molecule has 102 valence electrons. The summed E-state index contributed by atoms with van der Waals surface area (Å²) in [7, 11) is 0. The summed E-state index contributed by atoms with van der Waals surface area (Å²) in [5, 5.41) is 10.8. The van der Waals surface area contributed by atoms with E-state index in [0.29, 0.717) is 5.56 Å². The SMILES string of the molecule is CC(C)c1cc([N+](=O)[O-])cc2[nH]c(C(F)(F)F)nc12. The zero-order valence-electron chi connectivity index (χ0n) is 10.1. The zero-order valence-corrected chi connectivity index (χ0v) is 10.1. The third-order valence-corrected chi connectivity index (χ3v) is 2.70. The van der Waals surface area contributed by atoms with Crippen LogP contribution in [-0.2, 0) is 6.18 Å². The molecule has 1 aromatic heterocycles. The van der Waals surface area contributed by atoms with Crippen LogP contribution in [0.2, 0.25) is 0 Å². The van der Waals surface area contributed by atoms with Crippen LogP contribution >= 0.6 is 0 Å². The summed E-state index contributed by atoms with van der Waals surface area (Å²) < 4.78 is 37.8. The second kappa shape index (κ2) is 4.22. The summed E-state index contributed by atoms with van der Waals surface area (Å²) in [6, 6.07) is 2.32. The second-order valence-corrected chi connectivity index (χ2v) is 4.43. The molecule has 19 heavy (non-hydrogen) atoms. The molecule has 1 heterocycles. The Hall–Kier alpha value is -2.12. The number of hydrogen-bond donors (Lipinski definition) is 1. The van der Waals surface area contributed by atoms with E-state index in [9.17, 15) is 23.3 Å². The highest BCUT2D eigenvalue weighted by Gasteiger charge is 2.35. The number of nitro benzene ring substituents is 1. The molecule has 0 amide bonds. The number of non-ortho nitro benzene ring substituents is 1. The molecular weight excluding hydrogens is 263 g/mol. The van der Waals surface area contributed by atoms with E-state index in [1.54, 1.807) is 13.8 Å². The maximum atomic E-state index is 12.6. The van der Waals surface area contributed by atoms with Gasteiger partial charge in [0.15, 0.2) is 0 Å². The molecule has 0 aliphatic heterocycles. The van der Waals surface area contributed by atoms with Crippen LogP contribution in [0.15, 0.2) is 12.1 Å². The van der Waals surface area contributed by atoms with Crippen molar-refractivity contribution in [2.75, 3.05) is 0 Å². The number of nitrogens with zero attached hydrogens (tertiary/aromatic N) is 2. The molecule has 2 aromatic rings. The van der Waals surface area contributed by atoms with E-state index in [0.717, 1.165) is 6.07 Å². The number of H-pyrrole nitrogens is 1. The Kier molecular flexibility index (Phi) is 2.95. The van der Waals surface area contributed by atoms with E-state index < -0.39 is 16.9 Å². The van der Waals surface area contributed by atoms with Gasteiger partial charge in [-0.25, -0.2) is 4.98 Å². The van der Waals surface area contributed by atoms with Gasteiger partial charge in [-0.1, -0.05) is 13.8 Å². The summed E-state index contributed by atoms with van der Waals surface area (Å²) in [5.74, 6) is -1.32. The van der Waals surface area contributed by atoms with Crippen LogP contribution < -0.4 is 0 Å². The summed E-state index contributed by atoms with van der Waals surface area (Å²) in [6.07, 6.45) is -4.61. The van der Waals surface area contributed by atoms with E-state index in [1.165, 1.54) is 6.07 Å². The van der Waals surface area contributed by atoms with Gasteiger partial charge in [0.1, 0.15) is 0 Å². The fraction of sp³-hybridized carbons (Fsp3) is 0.364. The molecule has 0 unspecified atom stereocenters. The fourth-order valence-corrected chi connectivity index (χ4v) is 1.81. The first-order valence-electron chi connectivity index (χ1n) is 5.45. The molecule has 2 rings (SSSR count). The number of imidazole rings is 1. The summed E-state index contributed by atoms with van der Waals surface area (Å²) in [5.41, 5.74) is 0.294. The average Bonchev–Trinajstić information content (AvgIpc) is 2.70. The minimum atomic E-state index is -4.61. The van der Waals surface area contributed by atoms with E-state index in [2.05, 4.69) is 9.97 Å². The third-order valence-electron chi connectivity index (χ3n) is 2.70. The van der Waals surface area contributed by atoms with Crippen LogP contribution in [-0.4, -0.2) is 14.9 Å². The highest BCUT2D eigenvalue weighted by molar-refractivity contribution is 5.82. The third kappa shape index (κ3) is 2.38. The predicted molar refractivity (Wildman–Crippen MR) is 61.8 cm³/mol. The van der Waals surface area contributed by atoms with Gasteiger partial charge in [-0.2, -0.15) is 13.2 Å². The van der Waals surface area contributed by atoms with Gasteiger partial charge in [-0.15, -0.1) is 0 Å². The monoisotopic (exact) mass is 273 g/mol. The lowest BCUT2D eigenvalue weighted by atomic mass is 10.0. The largest absolute Gasteiger partial charge is 0.449 e. The lowest BCUT2D eigenvalue weighted by Crippen LogP contribution is -2.06. The van der Waals surface area contributed by atoms with E-state index in [4.69, 9.17) is 0 Å². The number of aromatic nitrogens is 2. The Labute approximate surface area is 105 Å². The maximum absolute atomic E-state index is 12.6. The Bertz CT molecular complexity index is 646. The summed E-state index contributed by atoms with van der Waals surface area (Å²) >= 11 is 0. The molecule has 0 aliphatic carbocycles. The first-order chi connectivity index (χ1) is 8.70. The van der Waals surface area contributed by atoms with Crippen LogP contribution in [0, 0.1) is 10.1 Å². The quantitative estimate of drug-likeness (QED) is 0.671. The van der Waals surface area contributed by atoms with Crippen LogP contribution in [0.5, 0.6) is 0 Å². The molecule has 8 heteroatoms. The summed E-state index contributed by atoms with van der Waals surface area (Å²) in [6.45, 7) is 3.47. The number of nitrogens with one attached hydrogen (secondary N) is 1. The zero-order chi connectivity index (χ0) is 14.4. The Morgan fingerprint density at radius 1 is 1.37 bits per heavy atom. The van der Waals surface area contributed by atoms with Crippen LogP contribution in [0.1, 0.15) is 31.2 Å². The molecule has 0 saturated carbocycles. The van der Waals surface area contributed by atoms with Gasteiger partial charge in [0, 0.05) is 12.1 Å². The van der Waals surface area contributed by atoms with Crippen LogP contribution in [0.4, 0.5) is 18.9 Å². The van der Waals surface area contributed by atoms with Crippen molar-refractivity contribution >= 4 is 16.7 Å². The number of nitro groups is 1. The number of halogens is 3. The number of fused-ring (bicyclic) bond motifs is 1. The van der Waals surface area contributed by atoms with Crippen molar-refractivity contribution in [3.8, 4) is 0 Å². The average molecular weight is 273 g/mol. The van der Waals surface area contributed by atoms with Crippen molar-refractivity contribution in [3.05, 3.63) is 33.6 Å². The highest BCUT2D eigenvalue weighted by atomic mass is 19.4. The molecule has 0 aliphatic rings. The maximum Gasteiger partial charge on any atom is 0.449 e. The first kappa shape index (κ1) is 13.3. The number of hydrogen-bond acceptors (Lipinski definition) is 3. The topological polar surface area (TPSA) is 71.8 Å². The standard InChI is InChI=1S/C11H10F3N3O2/c1-5(2)7-3-6(17(18)19)4-8-9(7)16-10(15-8)11(12,13)14/h3-5H,1-2H3,(H,15,16). The Balaban J connectivity index is 2.75. The molecule has 1 N–H and O–H groups in total. The normalized spacial score (nSPS) is 12.3. The molecular formula is C11H10F3N3O2. The first-order valence-corrected chi connectivity index (χ1v) is 5.45. The number of alkyl halides is 3. The molecule has 5 nitrogen and oxygen atoms in total. The number of aromatic amines is 1. The molecule has 0 fully saturated rings. The van der Waals surface area contributed by atoms with Crippen molar-refractivity contribution in [1.29, 1.82) is 0 Å². The van der Waals surface area contributed by atoms with Gasteiger partial charge in [0.05, 0.1) is 16.0 Å². The smallest absolute Gasteiger partial charge is 0.334 e. The molecule has 0 bridgehead atoms. The van der Waals surface area contributed by atoms with E-state index >= 15 is 0 Å². The molecule has 0 saturated heterocycles. The molecule has 0 spiro atoms. The van der Waals surface area contributed by atoms with Gasteiger partial charge in [0.25, 0.3) is 5.69 Å². The van der Waals surface area contributed by atoms with Crippen LogP contribution in [0.3, 0.4) is 0 Å². The van der Waals surface area contributed by atoms with Crippen molar-refractivity contribution in [2.45, 2.75) is 25.9 Å². The lowest BCUT2D eigenvalue weighted by Gasteiger charge is -2.05. The van der Waals surface area contributed by atoms with Crippen molar-refractivity contribution in [2.24, 2.45) is 0 Å². The Morgan fingerprint density at radius 2 is 2.00 bits per heavy atom. The van der Waals surface area contributed by atoms with Crippen molar-refractivity contribution in [3.63, 3.8) is 0 Å². The number of benzene rings is 1. The highest BCUT2D eigenvalue weighted by Crippen LogP contribution is 2.33. The predicted octanol–water partition coefficient (Wildman–Crippen LogP) is 3.61. The van der Waals surface area contributed by atoms with Gasteiger partial charge >= 0.3 is 6.18 Å².